The van der Waals surface area contributed by atoms with E-state index in [0.717, 1.165) is 6.42 Å². The first-order chi connectivity index (χ1) is 6.86. The highest BCUT2D eigenvalue weighted by Gasteiger charge is 2.03. The quantitative estimate of drug-likeness (QED) is 0.724. The second kappa shape index (κ2) is 3.84. The van der Waals surface area contributed by atoms with Crippen LogP contribution >= 0.6 is 0 Å². The molecule has 0 aliphatic carbocycles. The van der Waals surface area contributed by atoms with E-state index in [9.17, 15) is 0 Å². The van der Waals surface area contributed by atoms with Gasteiger partial charge in [0.1, 0.15) is 6.73 Å². The van der Waals surface area contributed by atoms with Crippen LogP contribution in [-0.2, 0) is 17.9 Å². The predicted octanol–water partition coefficient (Wildman–Crippen LogP) is 2.81. The van der Waals surface area contributed by atoms with Gasteiger partial charge >= 0.3 is 0 Å². The highest BCUT2D eigenvalue weighted by Crippen LogP contribution is 2.20. The monoisotopic (exact) mass is 189 g/mol. The first-order valence-electron chi connectivity index (χ1n) is 4.92. The molecule has 74 valence electrons. The summed E-state index contributed by atoms with van der Waals surface area (Å²) in [5.41, 5.74) is 2.68. The van der Waals surface area contributed by atoms with Crippen molar-refractivity contribution in [2.24, 2.45) is 0 Å². The Labute approximate surface area is 84.1 Å². The van der Waals surface area contributed by atoms with Gasteiger partial charge in [-0.1, -0.05) is 25.1 Å². The molecule has 0 saturated carbocycles. The van der Waals surface area contributed by atoms with Crippen LogP contribution in [0.4, 0.5) is 0 Å². The number of hydrogen-bond donors (Lipinski definition) is 0. The Morgan fingerprint density at radius 2 is 2.14 bits per heavy atom. The molecule has 0 fully saturated rings. The molecule has 0 atom stereocenters. The van der Waals surface area contributed by atoms with Crippen LogP contribution in [0.5, 0.6) is 0 Å². The average molecular weight is 189 g/mol. The largest absolute Gasteiger partial charge is 0.364 e. The minimum Gasteiger partial charge on any atom is -0.364 e. The predicted molar refractivity (Wildman–Crippen MR) is 58.3 cm³/mol. The molecule has 2 rings (SSSR count). The Balaban J connectivity index is 2.62. The molecule has 1 aromatic heterocycles. The fraction of sp³-hybridized carbons (Fsp3) is 0.333. The first-order valence-corrected chi connectivity index (χ1v) is 4.92. The second-order valence-electron chi connectivity index (χ2n) is 3.41. The fourth-order valence-electron chi connectivity index (χ4n) is 1.87. The molecule has 2 nitrogen and oxygen atoms in total. The lowest BCUT2D eigenvalue weighted by atomic mass is 10.1. The van der Waals surface area contributed by atoms with Gasteiger partial charge in [0.25, 0.3) is 0 Å². The Bertz CT molecular complexity index is 431. The van der Waals surface area contributed by atoms with Gasteiger partial charge in [0.2, 0.25) is 0 Å². The number of aromatic nitrogens is 1. The normalized spacial score (nSPS) is 11.0. The number of aryl methyl sites for hydroxylation is 1. The summed E-state index contributed by atoms with van der Waals surface area (Å²) in [6, 6.07) is 8.56. The van der Waals surface area contributed by atoms with Gasteiger partial charge in [0.05, 0.1) is 5.52 Å². The van der Waals surface area contributed by atoms with Gasteiger partial charge in [0, 0.05) is 13.3 Å². The Morgan fingerprint density at radius 3 is 2.86 bits per heavy atom. The maximum atomic E-state index is 5.16. The summed E-state index contributed by atoms with van der Waals surface area (Å²) in [6.07, 6.45) is 3.14. The van der Waals surface area contributed by atoms with Gasteiger partial charge < -0.3 is 9.30 Å². The van der Waals surface area contributed by atoms with Crippen molar-refractivity contribution in [2.75, 3.05) is 7.11 Å². The molecular formula is C12H15NO. The van der Waals surface area contributed by atoms with Crippen LogP contribution in [0.15, 0.2) is 30.5 Å². The van der Waals surface area contributed by atoms with Crippen molar-refractivity contribution in [3.8, 4) is 0 Å². The van der Waals surface area contributed by atoms with Crippen molar-refractivity contribution < 1.29 is 4.74 Å². The van der Waals surface area contributed by atoms with E-state index in [1.807, 2.05) is 0 Å². The van der Waals surface area contributed by atoms with Crippen LogP contribution in [0.3, 0.4) is 0 Å². The van der Waals surface area contributed by atoms with Gasteiger partial charge in [-0.25, -0.2) is 0 Å². The van der Waals surface area contributed by atoms with Crippen molar-refractivity contribution in [1.82, 2.24) is 4.57 Å². The summed E-state index contributed by atoms with van der Waals surface area (Å²) < 4.78 is 7.30. The molecule has 0 bridgehead atoms. The number of fused-ring (bicyclic) bond motifs is 1. The lowest BCUT2D eigenvalue weighted by molar-refractivity contribution is 0.135. The third-order valence-electron chi connectivity index (χ3n) is 2.52. The number of nitrogens with zero attached hydrogens (tertiary/aromatic N) is 1. The molecule has 0 radical (unpaired) electrons. The molecule has 0 unspecified atom stereocenters. The molecule has 0 N–H and O–H groups in total. The zero-order valence-electron chi connectivity index (χ0n) is 8.66. The molecule has 14 heavy (non-hydrogen) atoms. The first kappa shape index (κ1) is 9.28. The van der Waals surface area contributed by atoms with E-state index in [1.54, 1.807) is 7.11 Å². The minimum absolute atomic E-state index is 0.626. The van der Waals surface area contributed by atoms with Crippen molar-refractivity contribution in [2.45, 2.75) is 20.1 Å². The number of ether oxygens (including phenoxy) is 1. The van der Waals surface area contributed by atoms with E-state index in [2.05, 4.69) is 42.0 Å². The Kier molecular flexibility index (Phi) is 2.55. The van der Waals surface area contributed by atoms with Crippen LogP contribution in [0.25, 0.3) is 10.9 Å². The molecule has 0 aliphatic heterocycles. The van der Waals surface area contributed by atoms with E-state index >= 15 is 0 Å². The SMILES string of the molecule is CCc1cccc2ccn(COC)c12. The zero-order chi connectivity index (χ0) is 9.97. The summed E-state index contributed by atoms with van der Waals surface area (Å²) in [6.45, 7) is 2.80. The standard InChI is InChI=1S/C12H15NO/c1-3-10-5-4-6-11-7-8-13(9-14-2)12(10)11/h4-8H,3,9H2,1-2H3. The summed E-state index contributed by atoms with van der Waals surface area (Å²) in [5.74, 6) is 0. The lowest BCUT2D eigenvalue weighted by Crippen LogP contribution is -1.99. The average Bonchev–Trinajstić information content (AvgIpc) is 2.62. The Hall–Kier alpha value is -1.28. The molecule has 0 saturated heterocycles. The molecule has 0 aliphatic rings. The maximum Gasteiger partial charge on any atom is 0.122 e. The third-order valence-corrected chi connectivity index (χ3v) is 2.52. The van der Waals surface area contributed by atoms with Crippen molar-refractivity contribution in [3.05, 3.63) is 36.0 Å². The van der Waals surface area contributed by atoms with Gasteiger partial charge in [-0.05, 0) is 23.4 Å². The molecule has 1 heterocycles. The smallest absolute Gasteiger partial charge is 0.122 e. The molecule has 0 amide bonds. The van der Waals surface area contributed by atoms with E-state index in [1.165, 1.54) is 16.5 Å². The molecule has 1 aromatic carbocycles. The van der Waals surface area contributed by atoms with E-state index in [-0.39, 0.29) is 0 Å². The van der Waals surface area contributed by atoms with Crippen LogP contribution in [-0.4, -0.2) is 11.7 Å². The number of rotatable bonds is 3. The third kappa shape index (κ3) is 1.42. The van der Waals surface area contributed by atoms with Gasteiger partial charge in [-0.2, -0.15) is 0 Å². The molecular weight excluding hydrogens is 174 g/mol. The minimum atomic E-state index is 0.626. The summed E-state index contributed by atoms with van der Waals surface area (Å²) in [4.78, 5) is 0. The number of hydrogen-bond acceptors (Lipinski definition) is 1. The van der Waals surface area contributed by atoms with Crippen LogP contribution in [0, 0.1) is 0 Å². The highest BCUT2D eigenvalue weighted by molar-refractivity contribution is 5.83. The number of benzene rings is 1. The van der Waals surface area contributed by atoms with Crippen molar-refractivity contribution in [3.63, 3.8) is 0 Å². The van der Waals surface area contributed by atoms with Crippen molar-refractivity contribution in [1.29, 1.82) is 0 Å². The number of para-hydroxylation sites is 1. The van der Waals surface area contributed by atoms with Gasteiger partial charge in [-0.3, -0.25) is 0 Å². The van der Waals surface area contributed by atoms with E-state index in [0.29, 0.717) is 6.73 Å². The van der Waals surface area contributed by atoms with Crippen LogP contribution in [0.2, 0.25) is 0 Å². The topological polar surface area (TPSA) is 14.2 Å². The zero-order valence-corrected chi connectivity index (χ0v) is 8.66. The fourth-order valence-corrected chi connectivity index (χ4v) is 1.87. The summed E-state index contributed by atoms with van der Waals surface area (Å²) >= 11 is 0. The van der Waals surface area contributed by atoms with Gasteiger partial charge in [-0.15, -0.1) is 0 Å². The maximum absolute atomic E-state index is 5.16. The van der Waals surface area contributed by atoms with Crippen molar-refractivity contribution >= 4 is 10.9 Å². The molecule has 0 spiro atoms. The van der Waals surface area contributed by atoms with Crippen LogP contribution in [0.1, 0.15) is 12.5 Å². The van der Waals surface area contributed by atoms with Gasteiger partial charge in [0.15, 0.2) is 0 Å². The Morgan fingerprint density at radius 1 is 1.29 bits per heavy atom. The lowest BCUT2D eigenvalue weighted by Gasteiger charge is -2.07. The number of methoxy groups -OCH3 is 1. The molecule has 2 aromatic rings. The second-order valence-corrected chi connectivity index (χ2v) is 3.41. The molecule has 2 heteroatoms. The highest BCUT2D eigenvalue weighted by atomic mass is 16.5. The summed E-state index contributed by atoms with van der Waals surface area (Å²) in [5, 5.41) is 1.29. The van der Waals surface area contributed by atoms with Crippen LogP contribution < -0.4 is 0 Å². The van der Waals surface area contributed by atoms with E-state index < -0.39 is 0 Å². The summed E-state index contributed by atoms with van der Waals surface area (Å²) in [7, 11) is 1.72. The van der Waals surface area contributed by atoms with E-state index in [4.69, 9.17) is 4.74 Å².